The van der Waals surface area contributed by atoms with Crippen molar-refractivity contribution in [3.8, 4) is 0 Å². The number of hydrogen-bond donors (Lipinski definition) is 0. The lowest BCUT2D eigenvalue weighted by Gasteiger charge is -2.38. The average Bonchev–Trinajstić information content (AvgIpc) is 3.11. The average molecular weight is 364 g/mol. The predicted octanol–water partition coefficient (Wildman–Crippen LogP) is 2.47. The number of aryl methyl sites for hydroxylation is 1. The van der Waals surface area contributed by atoms with E-state index in [1.54, 1.807) is 11.3 Å². The van der Waals surface area contributed by atoms with Crippen LogP contribution in [0, 0.1) is 0 Å². The summed E-state index contributed by atoms with van der Waals surface area (Å²) >= 11 is 1.54. The number of carbonyl (C=O) groups excluding carboxylic acids is 2. The minimum absolute atomic E-state index is 0.155. The molecule has 1 atom stereocenters. The molecule has 0 aromatic carbocycles. The molecule has 5 nitrogen and oxygen atoms in total. The normalized spacial score (nSPS) is 22.2. The molecule has 0 saturated carbocycles. The number of amides is 2. The van der Waals surface area contributed by atoms with Crippen molar-refractivity contribution in [2.75, 3.05) is 39.3 Å². The van der Waals surface area contributed by atoms with Crippen LogP contribution < -0.4 is 0 Å². The van der Waals surface area contributed by atoms with Crippen LogP contribution in [0.25, 0.3) is 0 Å². The van der Waals surface area contributed by atoms with Gasteiger partial charge in [-0.15, -0.1) is 11.3 Å². The maximum Gasteiger partial charge on any atom is 0.264 e. The zero-order chi connectivity index (χ0) is 17.8. The van der Waals surface area contributed by atoms with Crippen LogP contribution in [0.1, 0.15) is 48.3 Å². The van der Waals surface area contributed by atoms with Crippen LogP contribution in [0.2, 0.25) is 0 Å². The summed E-state index contributed by atoms with van der Waals surface area (Å²) in [6, 6.07) is 2.42. The second kappa shape index (κ2) is 8.32. The molecule has 1 aromatic rings. The zero-order valence-corrected chi connectivity index (χ0v) is 16.2. The van der Waals surface area contributed by atoms with Crippen molar-refractivity contribution < 1.29 is 9.59 Å². The molecule has 2 fully saturated rings. The summed E-state index contributed by atoms with van der Waals surface area (Å²) in [5, 5.41) is 2.00. The Balaban J connectivity index is 1.50. The smallest absolute Gasteiger partial charge is 0.264 e. The van der Waals surface area contributed by atoms with E-state index in [0.29, 0.717) is 25.7 Å². The molecule has 2 aliphatic rings. The van der Waals surface area contributed by atoms with Gasteiger partial charge in [-0.2, -0.15) is 0 Å². The number of likely N-dealkylation sites (tertiary alicyclic amines) is 1. The lowest BCUT2D eigenvalue weighted by atomic mass is 10.0. The van der Waals surface area contributed by atoms with Crippen LogP contribution in [0.3, 0.4) is 0 Å². The molecule has 0 aliphatic carbocycles. The molecule has 6 heteroatoms. The SMILES string of the molecule is CCc1ccsc1C(=O)N1CCN(CC(=O)N2CCCCC2C)CC1. The van der Waals surface area contributed by atoms with E-state index in [9.17, 15) is 9.59 Å². The van der Waals surface area contributed by atoms with Crippen molar-refractivity contribution in [2.24, 2.45) is 0 Å². The lowest BCUT2D eigenvalue weighted by molar-refractivity contribution is -0.136. The fourth-order valence-electron chi connectivity index (χ4n) is 3.81. The Bertz CT molecular complexity index is 608. The molecule has 1 aromatic heterocycles. The van der Waals surface area contributed by atoms with Crippen molar-refractivity contribution in [3.63, 3.8) is 0 Å². The van der Waals surface area contributed by atoms with Crippen molar-refractivity contribution in [1.82, 2.24) is 14.7 Å². The Morgan fingerprint density at radius 3 is 2.60 bits per heavy atom. The monoisotopic (exact) mass is 363 g/mol. The largest absolute Gasteiger partial charge is 0.339 e. The van der Waals surface area contributed by atoms with Crippen LogP contribution >= 0.6 is 11.3 Å². The topological polar surface area (TPSA) is 43.9 Å². The first-order valence-electron chi connectivity index (χ1n) is 9.47. The van der Waals surface area contributed by atoms with Crippen molar-refractivity contribution in [2.45, 2.75) is 45.6 Å². The van der Waals surface area contributed by atoms with Gasteiger partial charge in [-0.05, 0) is 49.6 Å². The van der Waals surface area contributed by atoms with E-state index >= 15 is 0 Å². The van der Waals surface area contributed by atoms with Crippen LogP contribution in [0.15, 0.2) is 11.4 Å². The minimum atomic E-state index is 0.155. The van der Waals surface area contributed by atoms with E-state index < -0.39 is 0 Å². The number of piperazine rings is 1. The summed E-state index contributed by atoms with van der Waals surface area (Å²) in [5.41, 5.74) is 1.15. The molecule has 3 rings (SSSR count). The maximum atomic E-state index is 12.7. The van der Waals surface area contributed by atoms with Crippen molar-refractivity contribution in [3.05, 3.63) is 21.9 Å². The number of nitrogens with zero attached hydrogens (tertiary/aromatic N) is 3. The highest BCUT2D eigenvalue weighted by Crippen LogP contribution is 2.21. The van der Waals surface area contributed by atoms with E-state index in [1.165, 1.54) is 6.42 Å². The number of rotatable bonds is 4. The summed E-state index contributed by atoms with van der Waals surface area (Å²) in [6.07, 6.45) is 4.37. The van der Waals surface area contributed by atoms with Crippen molar-refractivity contribution in [1.29, 1.82) is 0 Å². The third-order valence-electron chi connectivity index (χ3n) is 5.46. The highest BCUT2D eigenvalue weighted by molar-refractivity contribution is 7.12. The van der Waals surface area contributed by atoms with E-state index in [2.05, 4.69) is 18.7 Å². The number of hydrogen-bond acceptors (Lipinski definition) is 4. The van der Waals surface area contributed by atoms with Crippen molar-refractivity contribution >= 4 is 23.2 Å². The van der Waals surface area contributed by atoms with Crippen LogP contribution in [0.4, 0.5) is 0 Å². The Morgan fingerprint density at radius 2 is 1.92 bits per heavy atom. The van der Waals surface area contributed by atoms with Gasteiger partial charge in [0.05, 0.1) is 11.4 Å². The highest BCUT2D eigenvalue weighted by atomic mass is 32.1. The van der Waals surface area contributed by atoms with E-state index in [4.69, 9.17) is 0 Å². The molecular weight excluding hydrogens is 334 g/mol. The molecule has 0 bridgehead atoms. The molecule has 0 N–H and O–H groups in total. The first kappa shape index (κ1) is 18.4. The molecule has 2 saturated heterocycles. The molecule has 2 aliphatic heterocycles. The van der Waals surface area contributed by atoms with E-state index in [-0.39, 0.29) is 11.8 Å². The molecule has 2 amide bonds. The Kier molecular flexibility index (Phi) is 6.12. The Hall–Kier alpha value is -1.40. The second-order valence-corrected chi connectivity index (χ2v) is 8.04. The molecule has 25 heavy (non-hydrogen) atoms. The number of piperidine rings is 1. The van der Waals surface area contributed by atoms with Gasteiger partial charge in [0.1, 0.15) is 0 Å². The predicted molar refractivity (Wildman–Crippen MR) is 101 cm³/mol. The summed E-state index contributed by atoms with van der Waals surface area (Å²) in [7, 11) is 0. The molecule has 1 unspecified atom stereocenters. The maximum absolute atomic E-state index is 12.7. The summed E-state index contributed by atoms with van der Waals surface area (Å²) < 4.78 is 0. The van der Waals surface area contributed by atoms with Gasteiger partial charge in [0.15, 0.2) is 0 Å². The fourth-order valence-corrected chi connectivity index (χ4v) is 4.77. The summed E-state index contributed by atoms with van der Waals surface area (Å²) in [6.45, 7) is 8.62. The molecular formula is C19H29N3O2S. The highest BCUT2D eigenvalue weighted by Gasteiger charge is 2.28. The fraction of sp³-hybridized carbons (Fsp3) is 0.684. The van der Waals surface area contributed by atoms with E-state index in [1.807, 2.05) is 21.2 Å². The van der Waals surface area contributed by atoms with Gasteiger partial charge in [-0.3, -0.25) is 14.5 Å². The second-order valence-electron chi connectivity index (χ2n) is 7.13. The van der Waals surface area contributed by atoms with Gasteiger partial charge in [0, 0.05) is 38.8 Å². The number of carbonyl (C=O) groups is 2. The molecule has 0 spiro atoms. The van der Waals surface area contributed by atoms with Crippen LogP contribution in [-0.4, -0.2) is 71.8 Å². The number of thiophene rings is 1. The van der Waals surface area contributed by atoms with Gasteiger partial charge in [-0.25, -0.2) is 0 Å². The first-order valence-corrected chi connectivity index (χ1v) is 10.4. The van der Waals surface area contributed by atoms with Gasteiger partial charge in [0.2, 0.25) is 5.91 Å². The Morgan fingerprint density at radius 1 is 1.16 bits per heavy atom. The molecule has 138 valence electrons. The summed E-state index contributed by atoms with van der Waals surface area (Å²) in [4.78, 5) is 32.3. The molecule has 0 radical (unpaired) electrons. The molecule has 3 heterocycles. The van der Waals surface area contributed by atoms with Crippen LogP contribution in [-0.2, 0) is 11.2 Å². The van der Waals surface area contributed by atoms with Gasteiger partial charge < -0.3 is 9.80 Å². The third-order valence-corrected chi connectivity index (χ3v) is 6.41. The first-order chi connectivity index (χ1) is 12.1. The van der Waals surface area contributed by atoms with E-state index in [0.717, 1.165) is 49.3 Å². The van der Waals surface area contributed by atoms with Gasteiger partial charge in [-0.1, -0.05) is 6.92 Å². The third kappa shape index (κ3) is 4.23. The zero-order valence-electron chi connectivity index (χ0n) is 15.4. The van der Waals surface area contributed by atoms with Crippen LogP contribution in [0.5, 0.6) is 0 Å². The Labute approximate surface area is 154 Å². The minimum Gasteiger partial charge on any atom is -0.339 e. The standard InChI is InChI=1S/C19H29N3O2S/c1-3-16-7-13-25-18(16)19(24)21-11-9-20(10-12-21)14-17(23)22-8-5-4-6-15(22)2/h7,13,15H,3-6,8-12,14H2,1-2H3. The lowest BCUT2D eigenvalue weighted by Crippen LogP contribution is -2.53. The summed E-state index contributed by atoms with van der Waals surface area (Å²) in [5.74, 6) is 0.404. The van der Waals surface area contributed by atoms with Gasteiger partial charge >= 0.3 is 0 Å². The van der Waals surface area contributed by atoms with Gasteiger partial charge in [0.25, 0.3) is 5.91 Å². The quantitative estimate of drug-likeness (QED) is 0.825.